The van der Waals surface area contributed by atoms with E-state index in [1.165, 1.54) is 24.2 Å². The second-order valence-corrected chi connectivity index (χ2v) is 7.07. The Hall–Kier alpha value is -0.680. The summed E-state index contributed by atoms with van der Waals surface area (Å²) in [6.45, 7) is 2.14. The zero-order valence-electron chi connectivity index (χ0n) is 10.6. The number of carboxylic acids is 1. The van der Waals surface area contributed by atoms with Crippen molar-refractivity contribution in [3.8, 4) is 0 Å². The van der Waals surface area contributed by atoms with Crippen molar-refractivity contribution < 1.29 is 14.1 Å². The summed E-state index contributed by atoms with van der Waals surface area (Å²) in [4.78, 5) is 11.2. The van der Waals surface area contributed by atoms with Gasteiger partial charge in [-0.1, -0.05) is 45.1 Å². The zero-order valence-corrected chi connectivity index (χ0v) is 12.3. The Kier molecular flexibility index (Phi) is 7.20. The SMILES string of the molecule is CCCCCCCC(C(=O)O)S(=O)c1cccs1. The Morgan fingerprint density at radius 2 is 2.11 bits per heavy atom. The van der Waals surface area contributed by atoms with Gasteiger partial charge in [0.15, 0.2) is 0 Å². The maximum Gasteiger partial charge on any atom is 0.319 e. The van der Waals surface area contributed by atoms with E-state index < -0.39 is 22.0 Å². The molecule has 1 N–H and O–H groups in total. The van der Waals surface area contributed by atoms with E-state index in [2.05, 4.69) is 6.92 Å². The van der Waals surface area contributed by atoms with Gasteiger partial charge in [-0.2, -0.15) is 0 Å². The van der Waals surface area contributed by atoms with Gasteiger partial charge in [0, 0.05) is 0 Å². The van der Waals surface area contributed by atoms with E-state index in [0.29, 0.717) is 10.6 Å². The fourth-order valence-corrected chi connectivity index (χ4v) is 4.17. The predicted molar refractivity (Wildman–Crippen MR) is 75.5 cm³/mol. The first-order valence-electron chi connectivity index (χ1n) is 6.33. The lowest BCUT2D eigenvalue weighted by Gasteiger charge is -2.10. The summed E-state index contributed by atoms with van der Waals surface area (Å²) in [5.41, 5.74) is 0. The molecule has 0 fully saturated rings. The van der Waals surface area contributed by atoms with Gasteiger partial charge in [-0.25, -0.2) is 0 Å². The molecule has 2 unspecified atom stereocenters. The van der Waals surface area contributed by atoms with Crippen molar-refractivity contribution in [3.63, 3.8) is 0 Å². The summed E-state index contributed by atoms with van der Waals surface area (Å²) < 4.78 is 12.8. The molecule has 1 aromatic rings. The number of hydrogen-bond acceptors (Lipinski definition) is 3. The van der Waals surface area contributed by atoms with E-state index in [4.69, 9.17) is 5.11 Å². The van der Waals surface area contributed by atoms with Crippen LogP contribution >= 0.6 is 11.3 Å². The second kappa shape index (κ2) is 8.43. The van der Waals surface area contributed by atoms with E-state index >= 15 is 0 Å². The number of carbonyl (C=O) groups is 1. The number of unbranched alkanes of at least 4 members (excludes halogenated alkanes) is 4. The third-order valence-electron chi connectivity index (χ3n) is 2.80. The Labute approximate surface area is 115 Å². The number of rotatable bonds is 9. The molecule has 0 saturated carbocycles. The summed E-state index contributed by atoms with van der Waals surface area (Å²) >= 11 is 1.36. The maximum absolute atomic E-state index is 12.1. The van der Waals surface area contributed by atoms with Crippen LogP contribution in [-0.4, -0.2) is 20.5 Å². The molecule has 0 amide bonds. The van der Waals surface area contributed by atoms with Crippen LogP contribution in [0.2, 0.25) is 0 Å². The monoisotopic (exact) mass is 288 g/mol. The minimum absolute atomic E-state index is 0.504. The van der Waals surface area contributed by atoms with Gasteiger partial charge in [0.25, 0.3) is 0 Å². The Bertz CT molecular complexity index is 374. The van der Waals surface area contributed by atoms with Crippen molar-refractivity contribution in [1.82, 2.24) is 0 Å². The normalized spacial score (nSPS) is 14.3. The number of hydrogen-bond donors (Lipinski definition) is 1. The molecule has 102 valence electrons. The molecule has 0 aliphatic heterocycles. The summed E-state index contributed by atoms with van der Waals surface area (Å²) in [5.74, 6) is -0.947. The molecule has 1 aromatic heterocycles. The molecule has 0 saturated heterocycles. The van der Waals surface area contributed by atoms with Crippen molar-refractivity contribution in [2.24, 2.45) is 0 Å². The average Bonchev–Trinajstić information content (AvgIpc) is 2.86. The van der Waals surface area contributed by atoms with Crippen molar-refractivity contribution >= 4 is 28.1 Å². The highest BCUT2D eigenvalue weighted by atomic mass is 32.2. The Morgan fingerprint density at radius 3 is 2.67 bits per heavy atom. The lowest BCUT2D eigenvalue weighted by Crippen LogP contribution is -2.25. The average molecular weight is 288 g/mol. The van der Waals surface area contributed by atoms with Crippen LogP contribution in [0, 0.1) is 0 Å². The van der Waals surface area contributed by atoms with Gasteiger partial charge in [-0.3, -0.25) is 9.00 Å². The third kappa shape index (κ3) is 4.90. The molecule has 18 heavy (non-hydrogen) atoms. The number of carboxylic acid groups (broad SMARTS) is 1. The molecule has 0 aliphatic rings. The Morgan fingerprint density at radius 1 is 1.39 bits per heavy atom. The van der Waals surface area contributed by atoms with Crippen LogP contribution in [0.5, 0.6) is 0 Å². The van der Waals surface area contributed by atoms with Gasteiger partial charge in [-0.15, -0.1) is 11.3 Å². The van der Waals surface area contributed by atoms with Crippen LogP contribution in [0.15, 0.2) is 21.7 Å². The molecule has 0 radical (unpaired) electrons. The predicted octanol–water partition coefficient (Wildman–Crippen LogP) is 3.67. The van der Waals surface area contributed by atoms with Crippen molar-refractivity contribution in [2.75, 3.05) is 0 Å². The number of thiophene rings is 1. The molecule has 1 heterocycles. The quantitative estimate of drug-likeness (QED) is 0.705. The van der Waals surface area contributed by atoms with E-state index in [0.717, 1.165) is 19.3 Å². The third-order valence-corrected chi connectivity index (χ3v) is 5.73. The van der Waals surface area contributed by atoms with Crippen molar-refractivity contribution in [1.29, 1.82) is 0 Å². The van der Waals surface area contributed by atoms with Gasteiger partial charge in [0.05, 0.1) is 15.0 Å². The molecular weight excluding hydrogens is 268 g/mol. The van der Waals surface area contributed by atoms with Crippen molar-refractivity contribution in [3.05, 3.63) is 17.5 Å². The molecule has 0 aliphatic carbocycles. The molecule has 2 atom stereocenters. The highest BCUT2D eigenvalue weighted by molar-refractivity contribution is 7.88. The fraction of sp³-hybridized carbons (Fsp3) is 0.615. The van der Waals surface area contributed by atoms with Crippen LogP contribution < -0.4 is 0 Å². The molecule has 5 heteroatoms. The topological polar surface area (TPSA) is 54.4 Å². The van der Waals surface area contributed by atoms with Gasteiger partial charge < -0.3 is 5.11 Å². The first kappa shape index (κ1) is 15.4. The molecular formula is C13H20O3S2. The zero-order chi connectivity index (χ0) is 13.4. The van der Waals surface area contributed by atoms with E-state index in [1.807, 2.05) is 5.38 Å². The largest absolute Gasteiger partial charge is 0.480 e. The summed E-state index contributed by atoms with van der Waals surface area (Å²) in [6, 6.07) is 3.55. The minimum Gasteiger partial charge on any atom is -0.480 e. The number of aliphatic carboxylic acids is 1. The summed E-state index contributed by atoms with van der Waals surface area (Å²) in [5, 5.41) is 10.2. The van der Waals surface area contributed by atoms with Crippen LogP contribution in [-0.2, 0) is 15.6 Å². The first-order chi connectivity index (χ1) is 8.66. The lowest BCUT2D eigenvalue weighted by molar-refractivity contribution is -0.136. The van der Waals surface area contributed by atoms with Crippen LogP contribution in [0.4, 0.5) is 0 Å². The standard InChI is InChI=1S/C13H20O3S2/c1-2-3-4-5-6-8-11(13(14)15)18(16)12-9-7-10-17-12/h7,9-11H,2-6,8H2,1H3,(H,14,15). The van der Waals surface area contributed by atoms with Crippen LogP contribution in [0.25, 0.3) is 0 Å². The van der Waals surface area contributed by atoms with E-state index in [1.54, 1.807) is 12.1 Å². The molecule has 0 bridgehead atoms. The lowest BCUT2D eigenvalue weighted by atomic mass is 10.1. The van der Waals surface area contributed by atoms with Gasteiger partial charge in [0.1, 0.15) is 5.25 Å². The molecule has 3 nitrogen and oxygen atoms in total. The van der Waals surface area contributed by atoms with E-state index in [-0.39, 0.29) is 0 Å². The Balaban J connectivity index is 2.45. The second-order valence-electron chi connectivity index (χ2n) is 4.26. The minimum atomic E-state index is -1.41. The highest BCUT2D eigenvalue weighted by Crippen LogP contribution is 2.21. The van der Waals surface area contributed by atoms with Crippen LogP contribution in [0.1, 0.15) is 45.4 Å². The molecule has 0 aromatic carbocycles. The maximum atomic E-state index is 12.1. The molecule has 0 spiro atoms. The van der Waals surface area contributed by atoms with Crippen LogP contribution in [0.3, 0.4) is 0 Å². The summed E-state index contributed by atoms with van der Waals surface area (Å²) in [7, 11) is -1.41. The van der Waals surface area contributed by atoms with Gasteiger partial charge >= 0.3 is 5.97 Å². The summed E-state index contributed by atoms with van der Waals surface area (Å²) in [6.07, 6.45) is 5.86. The van der Waals surface area contributed by atoms with Gasteiger partial charge in [0.2, 0.25) is 0 Å². The first-order valence-corrected chi connectivity index (χ1v) is 8.43. The van der Waals surface area contributed by atoms with E-state index in [9.17, 15) is 9.00 Å². The van der Waals surface area contributed by atoms with Gasteiger partial charge in [-0.05, 0) is 17.9 Å². The fourth-order valence-electron chi connectivity index (χ4n) is 1.77. The molecule has 1 rings (SSSR count). The van der Waals surface area contributed by atoms with Crippen molar-refractivity contribution in [2.45, 2.75) is 54.9 Å². The highest BCUT2D eigenvalue weighted by Gasteiger charge is 2.25. The smallest absolute Gasteiger partial charge is 0.319 e.